The number of rotatable bonds is 3. The largest absolute Gasteiger partial charge is 0.486 e. The van der Waals surface area contributed by atoms with Gasteiger partial charge in [-0.3, -0.25) is 4.79 Å². The Labute approximate surface area is 151 Å². The summed E-state index contributed by atoms with van der Waals surface area (Å²) in [6.45, 7) is -0.0860. The van der Waals surface area contributed by atoms with Crippen LogP contribution in [0.3, 0.4) is 0 Å². The second-order valence-electron chi connectivity index (χ2n) is 6.25. The molecule has 1 N–H and O–H groups in total. The molecule has 0 amide bonds. The molecule has 1 heterocycles. The van der Waals surface area contributed by atoms with Crippen LogP contribution < -0.4 is 9.47 Å². The Morgan fingerprint density at radius 3 is 2.12 bits per heavy atom. The van der Waals surface area contributed by atoms with Crippen LogP contribution in [0.4, 0.5) is 0 Å². The van der Waals surface area contributed by atoms with E-state index in [9.17, 15) is 9.90 Å². The van der Waals surface area contributed by atoms with E-state index in [0.29, 0.717) is 22.6 Å². The van der Waals surface area contributed by atoms with Crippen LogP contribution in [0.5, 0.6) is 11.5 Å². The summed E-state index contributed by atoms with van der Waals surface area (Å²) in [6.07, 6.45) is -1.13. The third kappa shape index (κ3) is 2.85. The first-order valence-electron chi connectivity index (χ1n) is 8.44. The average Bonchev–Trinajstić information content (AvgIpc) is 2.86. The Hall–Kier alpha value is -3.11. The molecule has 3 aromatic rings. The molecule has 1 aliphatic heterocycles. The molecule has 0 aromatic heterocycles. The molecule has 0 aliphatic carbocycles. The molecule has 26 heavy (non-hydrogen) atoms. The molecule has 1 aliphatic rings. The zero-order chi connectivity index (χ0) is 18.0. The van der Waals surface area contributed by atoms with Crippen molar-refractivity contribution in [1.82, 2.24) is 0 Å². The maximum Gasteiger partial charge on any atom is 0.206 e. The highest BCUT2D eigenvalue weighted by molar-refractivity contribution is 6.00. The maximum absolute atomic E-state index is 13.2. The summed E-state index contributed by atoms with van der Waals surface area (Å²) in [5.41, 5.74) is -0.568. The third-order valence-electron chi connectivity index (χ3n) is 4.55. The molecule has 0 saturated heterocycles. The molecule has 4 heteroatoms. The van der Waals surface area contributed by atoms with Crippen LogP contribution in [-0.4, -0.2) is 23.6 Å². The van der Waals surface area contributed by atoms with Gasteiger partial charge in [-0.1, -0.05) is 72.8 Å². The molecular weight excluding hydrogens is 328 g/mol. The summed E-state index contributed by atoms with van der Waals surface area (Å²) in [4.78, 5) is 13.2. The fraction of sp³-hybridized carbons (Fsp3) is 0.136. The van der Waals surface area contributed by atoms with Crippen molar-refractivity contribution >= 4 is 5.78 Å². The van der Waals surface area contributed by atoms with Gasteiger partial charge in [-0.25, -0.2) is 0 Å². The zero-order valence-electron chi connectivity index (χ0n) is 14.0. The van der Waals surface area contributed by atoms with Gasteiger partial charge in [0.25, 0.3) is 0 Å². The van der Waals surface area contributed by atoms with Gasteiger partial charge in [0.15, 0.2) is 23.2 Å². The summed E-state index contributed by atoms with van der Waals surface area (Å²) in [5.74, 6) is 0.649. The topological polar surface area (TPSA) is 55.8 Å². The number of hydrogen-bond acceptors (Lipinski definition) is 4. The number of fused-ring (bicyclic) bond motifs is 1. The van der Waals surface area contributed by atoms with E-state index in [2.05, 4.69) is 0 Å². The van der Waals surface area contributed by atoms with Gasteiger partial charge in [0, 0.05) is 5.56 Å². The molecule has 0 unspecified atom stereocenters. The summed E-state index contributed by atoms with van der Waals surface area (Å²) >= 11 is 0. The molecule has 0 fully saturated rings. The molecule has 4 rings (SSSR count). The van der Waals surface area contributed by atoms with Crippen molar-refractivity contribution < 1.29 is 19.4 Å². The van der Waals surface area contributed by atoms with Crippen molar-refractivity contribution in [3.63, 3.8) is 0 Å². The molecule has 0 bridgehead atoms. The van der Waals surface area contributed by atoms with Crippen LogP contribution in [0.15, 0.2) is 84.9 Å². The van der Waals surface area contributed by atoms with Gasteiger partial charge in [0.1, 0.15) is 6.61 Å². The monoisotopic (exact) mass is 346 g/mol. The maximum atomic E-state index is 13.2. The minimum absolute atomic E-state index is 0.0860. The van der Waals surface area contributed by atoms with Crippen LogP contribution in [0.25, 0.3) is 0 Å². The molecule has 0 spiro atoms. The SMILES string of the molecule is O=C(c1ccccc1)[C@@H]1Oc2ccccc2OC[C@]1(O)c1ccccc1. The van der Waals surface area contributed by atoms with E-state index in [4.69, 9.17) is 9.47 Å². The lowest BCUT2D eigenvalue weighted by Gasteiger charge is -2.32. The van der Waals surface area contributed by atoms with E-state index in [1.807, 2.05) is 30.3 Å². The molecule has 3 aromatic carbocycles. The number of aliphatic hydroxyl groups is 1. The first-order valence-corrected chi connectivity index (χ1v) is 8.44. The summed E-state index contributed by atoms with van der Waals surface area (Å²) in [5, 5.41) is 11.5. The number of hydrogen-bond donors (Lipinski definition) is 1. The minimum atomic E-state index is -1.62. The summed E-state index contributed by atoms with van der Waals surface area (Å²) in [7, 11) is 0. The van der Waals surface area contributed by atoms with Crippen molar-refractivity contribution in [1.29, 1.82) is 0 Å². The number of para-hydroxylation sites is 2. The van der Waals surface area contributed by atoms with E-state index in [-0.39, 0.29) is 12.4 Å². The predicted molar refractivity (Wildman–Crippen MR) is 97.5 cm³/mol. The first-order chi connectivity index (χ1) is 12.7. The van der Waals surface area contributed by atoms with Gasteiger partial charge in [-0.15, -0.1) is 0 Å². The Morgan fingerprint density at radius 2 is 1.42 bits per heavy atom. The smallest absolute Gasteiger partial charge is 0.206 e. The Kier molecular flexibility index (Phi) is 4.19. The minimum Gasteiger partial charge on any atom is -0.486 e. The van der Waals surface area contributed by atoms with Gasteiger partial charge in [0.05, 0.1) is 0 Å². The van der Waals surface area contributed by atoms with E-state index in [0.717, 1.165) is 0 Å². The quantitative estimate of drug-likeness (QED) is 0.736. The number of carbonyl (C=O) groups is 1. The number of benzene rings is 3. The number of ketones is 1. The van der Waals surface area contributed by atoms with Gasteiger partial charge >= 0.3 is 0 Å². The molecular formula is C22H18O4. The average molecular weight is 346 g/mol. The second kappa shape index (κ2) is 6.65. The van der Waals surface area contributed by atoms with E-state index < -0.39 is 11.7 Å². The van der Waals surface area contributed by atoms with Gasteiger partial charge in [-0.05, 0) is 17.7 Å². The van der Waals surface area contributed by atoms with Crippen molar-refractivity contribution in [2.24, 2.45) is 0 Å². The molecule has 4 nitrogen and oxygen atoms in total. The molecule has 0 saturated carbocycles. The Bertz CT molecular complexity index is 908. The number of Topliss-reactive ketones (excluding diaryl/α,β-unsaturated/α-hetero) is 1. The van der Waals surface area contributed by atoms with Gasteiger partial charge in [0.2, 0.25) is 5.78 Å². The van der Waals surface area contributed by atoms with Crippen molar-refractivity contribution in [2.45, 2.75) is 11.7 Å². The lowest BCUT2D eigenvalue weighted by atomic mass is 9.84. The van der Waals surface area contributed by atoms with E-state index in [1.54, 1.807) is 54.6 Å². The third-order valence-corrected chi connectivity index (χ3v) is 4.55. The normalized spacial score (nSPS) is 21.7. The standard InChI is InChI=1S/C22H18O4/c23-20(16-9-3-1-4-10-16)21-22(24,17-11-5-2-6-12-17)15-25-18-13-7-8-14-19(18)26-21/h1-14,21,24H,15H2/t21-,22-/m0/s1. The summed E-state index contributed by atoms with van der Waals surface area (Å²) < 4.78 is 11.8. The molecule has 130 valence electrons. The fourth-order valence-corrected chi connectivity index (χ4v) is 3.14. The summed E-state index contributed by atoms with van der Waals surface area (Å²) in [6, 6.07) is 25.0. The number of carbonyl (C=O) groups excluding carboxylic acids is 1. The van der Waals surface area contributed by atoms with Crippen LogP contribution in [0.2, 0.25) is 0 Å². The van der Waals surface area contributed by atoms with Crippen LogP contribution in [0, 0.1) is 0 Å². The predicted octanol–water partition coefficient (Wildman–Crippen LogP) is 3.60. The van der Waals surface area contributed by atoms with Crippen LogP contribution in [-0.2, 0) is 5.60 Å². The Morgan fingerprint density at radius 1 is 0.846 bits per heavy atom. The lowest BCUT2D eigenvalue weighted by Crippen LogP contribution is -2.51. The zero-order valence-corrected chi connectivity index (χ0v) is 14.0. The lowest BCUT2D eigenvalue weighted by molar-refractivity contribution is -0.0678. The molecule has 2 atom stereocenters. The highest BCUT2D eigenvalue weighted by Gasteiger charge is 2.48. The number of ether oxygens (including phenoxy) is 2. The Balaban J connectivity index is 1.82. The first kappa shape index (κ1) is 16.4. The molecule has 0 radical (unpaired) electrons. The van der Waals surface area contributed by atoms with Crippen molar-refractivity contribution in [3.8, 4) is 11.5 Å². The van der Waals surface area contributed by atoms with Gasteiger partial charge < -0.3 is 14.6 Å². The van der Waals surface area contributed by atoms with Crippen LogP contribution >= 0.6 is 0 Å². The highest BCUT2D eigenvalue weighted by atomic mass is 16.6. The second-order valence-corrected chi connectivity index (χ2v) is 6.25. The fourth-order valence-electron chi connectivity index (χ4n) is 3.14. The van der Waals surface area contributed by atoms with Crippen LogP contribution in [0.1, 0.15) is 15.9 Å². The highest BCUT2D eigenvalue weighted by Crippen LogP contribution is 2.38. The van der Waals surface area contributed by atoms with E-state index in [1.165, 1.54) is 0 Å². The van der Waals surface area contributed by atoms with Gasteiger partial charge in [-0.2, -0.15) is 0 Å². The van der Waals surface area contributed by atoms with Crippen molar-refractivity contribution in [2.75, 3.05) is 6.61 Å². The van der Waals surface area contributed by atoms with Crippen molar-refractivity contribution in [3.05, 3.63) is 96.1 Å². The van der Waals surface area contributed by atoms with E-state index >= 15 is 0 Å².